The number of hydrogen-bond acceptors (Lipinski definition) is 5. The van der Waals surface area contributed by atoms with Gasteiger partial charge >= 0.3 is 5.97 Å². The summed E-state index contributed by atoms with van der Waals surface area (Å²) in [6.45, 7) is 2.11. The molecule has 5 rings (SSSR count). The molecule has 3 aliphatic rings. The van der Waals surface area contributed by atoms with Crippen LogP contribution < -0.4 is 10.1 Å². The summed E-state index contributed by atoms with van der Waals surface area (Å²) in [5.74, 6) is -0.209. The number of likely N-dealkylation sites (tertiary alicyclic amines) is 1. The number of carbonyl (C=O) groups excluding carboxylic acids is 3. The largest absolute Gasteiger partial charge is 0.490 e. The molecule has 2 aliphatic carbocycles. The Hall–Kier alpha value is -3.35. The summed E-state index contributed by atoms with van der Waals surface area (Å²) in [7, 11) is 0. The fourth-order valence-corrected chi connectivity index (χ4v) is 5.57. The molecule has 2 aromatic carbocycles. The summed E-state index contributed by atoms with van der Waals surface area (Å²) in [4.78, 5) is 40.3. The number of carbonyl (C=O) groups is 3. The van der Waals surface area contributed by atoms with E-state index in [1.807, 2.05) is 30.3 Å². The zero-order valence-electron chi connectivity index (χ0n) is 20.8. The molecule has 1 aliphatic heterocycles. The number of amides is 2. The highest BCUT2D eigenvalue weighted by Crippen LogP contribution is 2.59. The van der Waals surface area contributed by atoms with Crippen LogP contribution in [0, 0.1) is 5.41 Å². The highest BCUT2D eigenvalue weighted by Gasteiger charge is 2.64. The van der Waals surface area contributed by atoms with Crippen LogP contribution in [0.25, 0.3) is 0 Å². The molecule has 0 bridgehead atoms. The summed E-state index contributed by atoms with van der Waals surface area (Å²) in [6.07, 6.45) is 7.51. The zero-order chi connectivity index (χ0) is 25.1. The van der Waals surface area contributed by atoms with Crippen molar-refractivity contribution in [3.8, 4) is 5.75 Å². The number of nitrogens with zero attached hydrogens (tertiary/aromatic N) is 1. The molecule has 0 radical (unpaired) electrons. The first kappa shape index (κ1) is 24.3. The van der Waals surface area contributed by atoms with Gasteiger partial charge in [-0.05, 0) is 73.8 Å². The second-order valence-corrected chi connectivity index (χ2v) is 10.6. The van der Waals surface area contributed by atoms with Crippen LogP contribution in [0.1, 0.15) is 67.8 Å². The summed E-state index contributed by atoms with van der Waals surface area (Å²) < 4.78 is 11.6. The molecular weight excluding hydrogens is 456 g/mol. The first-order chi connectivity index (χ1) is 17.4. The molecule has 0 unspecified atom stereocenters. The van der Waals surface area contributed by atoms with E-state index in [0.717, 1.165) is 30.6 Å². The highest BCUT2D eigenvalue weighted by atomic mass is 16.5. The van der Waals surface area contributed by atoms with Crippen LogP contribution in [0.4, 0.5) is 0 Å². The second kappa shape index (κ2) is 10.3. The Morgan fingerprint density at radius 2 is 1.69 bits per heavy atom. The van der Waals surface area contributed by atoms with Crippen molar-refractivity contribution < 1.29 is 23.9 Å². The van der Waals surface area contributed by atoms with Crippen molar-refractivity contribution in [3.05, 3.63) is 65.7 Å². The van der Waals surface area contributed by atoms with Crippen molar-refractivity contribution in [2.75, 3.05) is 6.54 Å². The van der Waals surface area contributed by atoms with Crippen molar-refractivity contribution in [1.29, 1.82) is 0 Å². The number of fused-ring (bicyclic) bond motifs is 1. The molecule has 0 aromatic heterocycles. The Bertz CT molecular complexity index is 1100. The summed E-state index contributed by atoms with van der Waals surface area (Å²) in [5.41, 5.74) is 1.32. The molecule has 7 heteroatoms. The first-order valence-corrected chi connectivity index (χ1v) is 13.0. The van der Waals surface area contributed by atoms with Crippen molar-refractivity contribution in [3.63, 3.8) is 0 Å². The minimum atomic E-state index is -0.613. The fourth-order valence-electron chi connectivity index (χ4n) is 5.57. The van der Waals surface area contributed by atoms with Gasteiger partial charge in [0.05, 0.1) is 12.6 Å². The molecule has 0 spiro atoms. The maximum absolute atomic E-state index is 13.1. The number of ether oxygens (including phenoxy) is 2. The third-order valence-electron chi connectivity index (χ3n) is 7.79. The molecular formula is C29H34N2O5. The smallest absolute Gasteiger partial charge is 0.329 e. The Balaban J connectivity index is 1.14. The van der Waals surface area contributed by atoms with Gasteiger partial charge in [-0.25, -0.2) is 4.79 Å². The van der Waals surface area contributed by atoms with E-state index in [2.05, 4.69) is 12.2 Å². The van der Waals surface area contributed by atoms with E-state index in [9.17, 15) is 14.4 Å². The van der Waals surface area contributed by atoms with E-state index in [1.54, 1.807) is 29.2 Å². The van der Waals surface area contributed by atoms with Gasteiger partial charge in [0.25, 0.3) is 5.91 Å². The molecule has 3 atom stereocenters. The monoisotopic (exact) mass is 490 g/mol. The molecule has 3 fully saturated rings. The van der Waals surface area contributed by atoms with E-state index in [1.165, 1.54) is 19.3 Å². The van der Waals surface area contributed by atoms with Crippen LogP contribution in [0.3, 0.4) is 0 Å². The van der Waals surface area contributed by atoms with Gasteiger partial charge in [-0.15, -0.1) is 0 Å². The number of hydrogen-bond donors (Lipinski definition) is 1. The lowest BCUT2D eigenvalue weighted by Crippen LogP contribution is -2.48. The Kier molecular flexibility index (Phi) is 6.99. The zero-order valence-corrected chi connectivity index (χ0v) is 20.8. The van der Waals surface area contributed by atoms with E-state index in [-0.39, 0.29) is 48.5 Å². The maximum Gasteiger partial charge on any atom is 0.329 e. The van der Waals surface area contributed by atoms with Crippen LogP contribution in [0.15, 0.2) is 54.6 Å². The molecule has 1 heterocycles. The lowest BCUT2D eigenvalue weighted by molar-refractivity contribution is -0.155. The maximum atomic E-state index is 13.1. The molecule has 1 N–H and O–H groups in total. The number of rotatable bonds is 8. The SMILES string of the molecule is C[C@@]12C[C@@H]1N(C(=O)CNC(=O)c1ccc(OC3CCCCC3)cc1)[C@H](C(=O)OCc1ccccc1)C2. The third-order valence-corrected chi connectivity index (χ3v) is 7.79. The molecule has 7 nitrogen and oxygen atoms in total. The second-order valence-electron chi connectivity index (χ2n) is 10.6. The predicted octanol–water partition coefficient (Wildman–Crippen LogP) is 4.25. The van der Waals surface area contributed by atoms with Gasteiger partial charge in [-0.1, -0.05) is 43.7 Å². The lowest BCUT2D eigenvalue weighted by Gasteiger charge is -2.26. The van der Waals surface area contributed by atoms with E-state index >= 15 is 0 Å². The van der Waals surface area contributed by atoms with Gasteiger partial charge in [-0.3, -0.25) is 9.59 Å². The van der Waals surface area contributed by atoms with Crippen LogP contribution in [0.5, 0.6) is 5.75 Å². The van der Waals surface area contributed by atoms with Crippen molar-refractivity contribution in [2.24, 2.45) is 5.41 Å². The quantitative estimate of drug-likeness (QED) is 0.559. The van der Waals surface area contributed by atoms with Crippen LogP contribution in [-0.2, 0) is 20.9 Å². The van der Waals surface area contributed by atoms with Gasteiger partial charge < -0.3 is 19.7 Å². The Labute approximate surface area is 212 Å². The molecule has 36 heavy (non-hydrogen) atoms. The summed E-state index contributed by atoms with van der Waals surface area (Å²) >= 11 is 0. The average Bonchev–Trinajstić information content (AvgIpc) is 3.47. The van der Waals surface area contributed by atoms with Gasteiger partial charge in [0.2, 0.25) is 5.91 Å². The van der Waals surface area contributed by atoms with Crippen LogP contribution in [-0.4, -0.2) is 47.4 Å². The average molecular weight is 491 g/mol. The van der Waals surface area contributed by atoms with Gasteiger partial charge in [0.1, 0.15) is 18.4 Å². The third kappa shape index (κ3) is 5.40. The molecule has 2 saturated carbocycles. The van der Waals surface area contributed by atoms with Gasteiger partial charge in [-0.2, -0.15) is 0 Å². The van der Waals surface area contributed by atoms with Crippen molar-refractivity contribution in [1.82, 2.24) is 10.2 Å². The standard InChI is InChI=1S/C29H34N2O5/c1-29-16-24(28(34)35-19-20-8-4-2-5-9-20)31(25(29)17-29)26(32)18-30-27(33)21-12-14-23(15-13-21)36-22-10-6-3-7-11-22/h2,4-5,8-9,12-15,22,24-25H,3,6-7,10-11,16-19H2,1H3,(H,30,33)/t24-,25-,29+/m0/s1. The van der Waals surface area contributed by atoms with Gasteiger partial charge in [0, 0.05) is 11.6 Å². The number of piperidine rings is 1. The number of benzene rings is 2. The van der Waals surface area contributed by atoms with Crippen LogP contribution in [0.2, 0.25) is 0 Å². The van der Waals surface area contributed by atoms with E-state index in [0.29, 0.717) is 12.0 Å². The predicted molar refractivity (Wildman–Crippen MR) is 134 cm³/mol. The topological polar surface area (TPSA) is 84.9 Å². The van der Waals surface area contributed by atoms with Gasteiger partial charge in [0.15, 0.2) is 0 Å². The first-order valence-electron chi connectivity index (χ1n) is 13.0. The fraction of sp³-hybridized carbons (Fsp3) is 0.483. The molecule has 1 saturated heterocycles. The lowest BCUT2D eigenvalue weighted by atomic mass is 9.98. The van der Waals surface area contributed by atoms with E-state index in [4.69, 9.17) is 9.47 Å². The molecule has 190 valence electrons. The Morgan fingerprint density at radius 1 is 0.972 bits per heavy atom. The van der Waals surface area contributed by atoms with Crippen LogP contribution >= 0.6 is 0 Å². The molecule has 2 aromatic rings. The minimum Gasteiger partial charge on any atom is -0.490 e. The number of nitrogens with one attached hydrogen (secondary N) is 1. The highest BCUT2D eigenvalue weighted by molar-refractivity contribution is 5.97. The van der Waals surface area contributed by atoms with E-state index < -0.39 is 6.04 Å². The number of esters is 1. The van der Waals surface area contributed by atoms with Crippen molar-refractivity contribution >= 4 is 17.8 Å². The Morgan fingerprint density at radius 3 is 2.42 bits per heavy atom. The van der Waals surface area contributed by atoms with Crippen molar-refractivity contribution in [2.45, 2.75) is 76.7 Å². The summed E-state index contributed by atoms with van der Waals surface area (Å²) in [6, 6.07) is 15.9. The summed E-state index contributed by atoms with van der Waals surface area (Å²) in [5, 5.41) is 2.72. The molecule has 2 amide bonds. The minimum absolute atomic E-state index is 0.0207. The normalized spacial score (nSPS) is 25.1.